The van der Waals surface area contributed by atoms with Crippen LogP contribution in [0.1, 0.15) is 31.0 Å². The Labute approximate surface area is 95.0 Å². The Morgan fingerprint density at radius 3 is 2.44 bits per heavy atom. The number of carboxylic acid groups (broad SMARTS) is 1. The number of nitrogens with zero attached hydrogens (tertiary/aromatic N) is 2. The predicted octanol–water partition coefficient (Wildman–Crippen LogP) is 1.56. The van der Waals surface area contributed by atoms with Crippen LogP contribution in [0.3, 0.4) is 0 Å². The first-order chi connectivity index (χ1) is 7.40. The molecule has 0 fully saturated rings. The number of aromatic nitrogens is 2. The van der Waals surface area contributed by atoms with Gasteiger partial charge in [0.05, 0.1) is 24.3 Å². The Bertz CT molecular complexity index is 396. The molecule has 5 heteroatoms. The minimum absolute atomic E-state index is 0.00528. The smallest absolute Gasteiger partial charge is 0.311 e. The van der Waals surface area contributed by atoms with E-state index < -0.39 is 11.9 Å². The van der Waals surface area contributed by atoms with Gasteiger partial charge in [-0.1, -0.05) is 13.8 Å². The minimum atomic E-state index is -0.843. The van der Waals surface area contributed by atoms with Crippen molar-refractivity contribution in [3.8, 4) is 5.88 Å². The number of ether oxygens (including phenoxy) is 1. The molecular formula is C11H18N2O3. The summed E-state index contributed by atoms with van der Waals surface area (Å²) in [5, 5.41) is 13.5. The Morgan fingerprint density at radius 1 is 1.50 bits per heavy atom. The SMILES string of the molecule is COc1c(C(C(=O)O)C(C)C)c(C)nn1C. The average Bonchev–Trinajstić information content (AvgIpc) is 2.41. The number of methoxy groups -OCH3 is 1. The second kappa shape index (κ2) is 4.55. The number of rotatable bonds is 4. The Kier molecular flexibility index (Phi) is 3.57. The van der Waals surface area contributed by atoms with Gasteiger partial charge in [0.25, 0.3) is 0 Å². The number of hydrogen-bond acceptors (Lipinski definition) is 3. The van der Waals surface area contributed by atoms with Crippen LogP contribution in [0, 0.1) is 12.8 Å². The van der Waals surface area contributed by atoms with Crippen LogP contribution >= 0.6 is 0 Å². The molecule has 0 aromatic carbocycles. The molecule has 1 N–H and O–H groups in total. The Balaban J connectivity index is 3.33. The van der Waals surface area contributed by atoms with Gasteiger partial charge in [0.1, 0.15) is 0 Å². The lowest BCUT2D eigenvalue weighted by atomic mass is 9.88. The fourth-order valence-electron chi connectivity index (χ4n) is 2.00. The molecule has 0 aliphatic heterocycles. The molecule has 1 rings (SSSR count). The van der Waals surface area contributed by atoms with Crippen LogP contribution in [0.25, 0.3) is 0 Å². The van der Waals surface area contributed by atoms with Crippen molar-refractivity contribution in [3.05, 3.63) is 11.3 Å². The van der Waals surface area contributed by atoms with Crippen molar-refractivity contribution in [1.29, 1.82) is 0 Å². The molecule has 1 aromatic heterocycles. The zero-order chi connectivity index (χ0) is 12.5. The van der Waals surface area contributed by atoms with E-state index in [1.807, 2.05) is 13.8 Å². The molecule has 0 radical (unpaired) electrons. The third-order valence-electron chi connectivity index (χ3n) is 2.65. The molecule has 1 unspecified atom stereocenters. The van der Waals surface area contributed by atoms with Crippen molar-refractivity contribution in [2.75, 3.05) is 7.11 Å². The lowest BCUT2D eigenvalue weighted by Crippen LogP contribution is -2.18. The van der Waals surface area contributed by atoms with Gasteiger partial charge in [-0.3, -0.25) is 4.79 Å². The first kappa shape index (κ1) is 12.5. The van der Waals surface area contributed by atoms with Gasteiger partial charge in [-0.05, 0) is 12.8 Å². The van der Waals surface area contributed by atoms with Crippen LogP contribution in [0.5, 0.6) is 5.88 Å². The molecule has 0 spiro atoms. The van der Waals surface area contributed by atoms with Crippen LogP contribution in [0.4, 0.5) is 0 Å². The van der Waals surface area contributed by atoms with Crippen molar-refractivity contribution in [2.45, 2.75) is 26.7 Å². The third-order valence-corrected chi connectivity index (χ3v) is 2.65. The topological polar surface area (TPSA) is 64.3 Å². The minimum Gasteiger partial charge on any atom is -0.481 e. The van der Waals surface area contributed by atoms with Crippen molar-refractivity contribution >= 4 is 5.97 Å². The predicted molar refractivity (Wildman–Crippen MR) is 59.7 cm³/mol. The first-order valence-electron chi connectivity index (χ1n) is 5.20. The Hall–Kier alpha value is -1.52. The normalized spacial score (nSPS) is 12.9. The maximum atomic E-state index is 11.3. The van der Waals surface area contributed by atoms with E-state index in [-0.39, 0.29) is 5.92 Å². The van der Waals surface area contributed by atoms with Gasteiger partial charge in [-0.2, -0.15) is 5.10 Å². The standard InChI is InChI=1S/C11H18N2O3/c1-6(2)8(11(14)15)9-7(3)12-13(4)10(9)16-5/h6,8H,1-5H3,(H,14,15). The van der Waals surface area contributed by atoms with Crippen LogP contribution < -0.4 is 4.74 Å². The maximum absolute atomic E-state index is 11.3. The number of hydrogen-bond donors (Lipinski definition) is 1. The molecular weight excluding hydrogens is 208 g/mol. The lowest BCUT2D eigenvalue weighted by molar-refractivity contribution is -0.139. The van der Waals surface area contributed by atoms with Gasteiger partial charge in [-0.15, -0.1) is 0 Å². The summed E-state index contributed by atoms with van der Waals surface area (Å²) in [5.41, 5.74) is 1.38. The molecule has 0 saturated carbocycles. The van der Waals surface area contributed by atoms with E-state index >= 15 is 0 Å². The number of carboxylic acids is 1. The highest BCUT2D eigenvalue weighted by Gasteiger charge is 2.31. The highest BCUT2D eigenvalue weighted by Crippen LogP contribution is 2.34. The molecule has 1 aromatic rings. The second-order valence-corrected chi connectivity index (χ2v) is 4.19. The van der Waals surface area contributed by atoms with Crippen molar-refractivity contribution < 1.29 is 14.6 Å². The molecule has 0 amide bonds. The molecule has 5 nitrogen and oxygen atoms in total. The van der Waals surface area contributed by atoms with Gasteiger partial charge in [0.15, 0.2) is 0 Å². The van der Waals surface area contributed by atoms with E-state index in [1.54, 1.807) is 18.7 Å². The fraction of sp³-hybridized carbons (Fsp3) is 0.636. The van der Waals surface area contributed by atoms with E-state index in [1.165, 1.54) is 7.11 Å². The second-order valence-electron chi connectivity index (χ2n) is 4.19. The van der Waals surface area contributed by atoms with Crippen LogP contribution in [-0.2, 0) is 11.8 Å². The van der Waals surface area contributed by atoms with Crippen LogP contribution in [0.15, 0.2) is 0 Å². The number of aryl methyl sites for hydroxylation is 2. The van der Waals surface area contributed by atoms with Crippen LogP contribution in [-0.4, -0.2) is 28.0 Å². The quantitative estimate of drug-likeness (QED) is 0.846. The zero-order valence-corrected chi connectivity index (χ0v) is 10.3. The summed E-state index contributed by atoms with van der Waals surface area (Å²) >= 11 is 0. The molecule has 1 atom stereocenters. The largest absolute Gasteiger partial charge is 0.481 e. The van der Waals surface area contributed by atoms with Gasteiger partial charge in [0, 0.05) is 7.05 Å². The van der Waals surface area contributed by atoms with E-state index in [2.05, 4.69) is 5.10 Å². The van der Waals surface area contributed by atoms with Gasteiger partial charge in [0.2, 0.25) is 5.88 Å². The molecule has 0 aliphatic rings. The van der Waals surface area contributed by atoms with Gasteiger partial charge < -0.3 is 9.84 Å². The van der Waals surface area contributed by atoms with E-state index in [0.29, 0.717) is 17.1 Å². The van der Waals surface area contributed by atoms with Gasteiger partial charge >= 0.3 is 5.97 Å². The number of aliphatic carboxylic acids is 1. The molecule has 90 valence electrons. The summed E-state index contributed by atoms with van der Waals surface area (Å²) in [5.74, 6) is -0.902. The zero-order valence-electron chi connectivity index (χ0n) is 10.3. The monoisotopic (exact) mass is 226 g/mol. The van der Waals surface area contributed by atoms with Crippen molar-refractivity contribution in [2.24, 2.45) is 13.0 Å². The number of carbonyl (C=O) groups is 1. The molecule has 16 heavy (non-hydrogen) atoms. The van der Waals surface area contributed by atoms with Crippen molar-refractivity contribution in [1.82, 2.24) is 9.78 Å². The molecule has 0 saturated heterocycles. The lowest BCUT2D eigenvalue weighted by Gasteiger charge is -2.17. The summed E-state index contributed by atoms with van der Waals surface area (Å²) in [7, 11) is 3.27. The Morgan fingerprint density at radius 2 is 2.06 bits per heavy atom. The first-order valence-corrected chi connectivity index (χ1v) is 5.20. The summed E-state index contributed by atoms with van der Waals surface area (Å²) in [6.07, 6.45) is 0. The maximum Gasteiger partial charge on any atom is 0.311 e. The average molecular weight is 226 g/mol. The molecule has 0 aliphatic carbocycles. The summed E-state index contributed by atoms with van der Waals surface area (Å²) in [6, 6.07) is 0. The summed E-state index contributed by atoms with van der Waals surface area (Å²) < 4.78 is 6.79. The molecule has 1 heterocycles. The third kappa shape index (κ3) is 2.03. The van der Waals surface area contributed by atoms with E-state index in [9.17, 15) is 9.90 Å². The van der Waals surface area contributed by atoms with E-state index in [4.69, 9.17) is 4.74 Å². The van der Waals surface area contributed by atoms with Crippen LogP contribution in [0.2, 0.25) is 0 Å². The van der Waals surface area contributed by atoms with E-state index in [0.717, 1.165) is 0 Å². The molecule has 0 bridgehead atoms. The van der Waals surface area contributed by atoms with Gasteiger partial charge in [-0.25, -0.2) is 4.68 Å². The van der Waals surface area contributed by atoms with Crippen molar-refractivity contribution in [3.63, 3.8) is 0 Å². The fourth-order valence-corrected chi connectivity index (χ4v) is 2.00. The highest BCUT2D eigenvalue weighted by molar-refractivity contribution is 5.77. The summed E-state index contributed by atoms with van der Waals surface area (Å²) in [6.45, 7) is 5.56. The highest BCUT2D eigenvalue weighted by atomic mass is 16.5. The summed E-state index contributed by atoms with van der Waals surface area (Å²) in [4.78, 5) is 11.3.